The third-order valence-corrected chi connectivity index (χ3v) is 2.63. The number of hydrogen-bond donors (Lipinski definition) is 0. The maximum absolute atomic E-state index is 12.1. The Labute approximate surface area is 96.0 Å². The van der Waals surface area contributed by atoms with Gasteiger partial charge >= 0.3 is 6.03 Å². The average molecular weight is 225 g/mol. The summed E-state index contributed by atoms with van der Waals surface area (Å²) in [4.78, 5) is 17.8. The monoisotopic (exact) mass is 225 g/mol. The van der Waals surface area contributed by atoms with Gasteiger partial charge in [0.1, 0.15) is 6.33 Å². The van der Waals surface area contributed by atoms with Gasteiger partial charge in [0.2, 0.25) is 0 Å². The first-order valence-corrected chi connectivity index (χ1v) is 5.48. The summed E-state index contributed by atoms with van der Waals surface area (Å²) in [7, 11) is 1.64. The second-order valence-corrected chi connectivity index (χ2v) is 3.70. The Hall–Kier alpha value is -1.36. The molecule has 0 spiro atoms. The Bertz CT molecular complexity index is 311. The van der Waals surface area contributed by atoms with Crippen LogP contribution in [0.15, 0.2) is 18.7 Å². The predicted molar refractivity (Wildman–Crippen MR) is 61.4 cm³/mol. The molecule has 0 aliphatic heterocycles. The van der Waals surface area contributed by atoms with E-state index < -0.39 is 0 Å². The van der Waals surface area contributed by atoms with E-state index >= 15 is 0 Å². The molecule has 0 fully saturated rings. The lowest BCUT2D eigenvalue weighted by molar-refractivity contribution is 0.132. The average Bonchev–Trinajstić information content (AvgIpc) is 2.82. The van der Waals surface area contributed by atoms with Crippen LogP contribution in [0.2, 0.25) is 0 Å². The number of amides is 1. The molecular weight excluding hydrogens is 206 g/mol. The molecule has 5 heteroatoms. The molecule has 1 heterocycles. The number of imidazole rings is 1. The van der Waals surface area contributed by atoms with Gasteiger partial charge in [0.25, 0.3) is 0 Å². The third-order valence-electron chi connectivity index (χ3n) is 2.63. The summed E-state index contributed by atoms with van der Waals surface area (Å²) < 4.78 is 6.50. The molecule has 90 valence electrons. The standard InChI is InChI=1S/C11H19N3O2/c1-4-10(2)14(7-8-16-3)11(15)13-6-5-12-9-13/h5-6,9-10H,4,7-8H2,1-3H3. The van der Waals surface area contributed by atoms with Crippen molar-refractivity contribution < 1.29 is 9.53 Å². The van der Waals surface area contributed by atoms with Crippen molar-refractivity contribution in [3.8, 4) is 0 Å². The summed E-state index contributed by atoms with van der Waals surface area (Å²) in [5.41, 5.74) is 0. The summed E-state index contributed by atoms with van der Waals surface area (Å²) in [6, 6.07) is 0.147. The van der Waals surface area contributed by atoms with Crippen LogP contribution in [0.3, 0.4) is 0 Å². The van der Waals surface area contributed by atoms with Gasteiger partial charge in [-0.3, -0.25) is 4.57 Å². The van der Waals surface area contributed by atoms with Crippen molar-refractivity contribution in [2.45, 2.75) is 26.3 Å². The fourth-order valence-corrected chi connectivity index (χ4v) is 1.44. The lowest BCUT2D eigenvalue weighted by Gasteiger charge is -2.28. The molecule has 5 nitrogen and oxygen atoms in total. The van der Waals surface area contributed by atoms with Crippen LogP contribution in [0.5, 0.6) is 0 Å². The topological polar surface area (TPSA) is 47.4 Å². The van der Waals surface area contributed by atoms with Gasteiger partial charge < -0.3 is 9.64 Å². The Balaban J connectivity index is 2.71. The Morgan fingerprint density at radius 3 is 2.88 bits per heavy atom. The van der Waals surface area contributed by atoms with E-state index in [4.69, 9.17) is 4.74 Å². The number of aromatic nitrogens is 2. The molecule has 1 rings (SSSR count). The van der Waals surface area contributed by atoms with Gasteiger partial charge in [0, 0.05) is 32.1 Å². The highest BCUT2D eigenvalue weighted by molar-refractivity contribution is 5.76. The number of methoxy groups -OCH3 is 1. The summed E-state index contributed by atoms with van der Waals surface area (Å²) in [5, 5.41) is 0. The molecule has 16 heavy (non-hydrogen) atoms. The molecule has 0 radical (unpaired) electrons. The van der Waals surface area contributed by atoms with E-state index in [0.29, 0.717) is 13.2 Å². The largest absolute Gasteiger partial charge is 0.383 e. The van der Waals surface area contributed by atoms with Gasteiger partial charge in [-0.15, -0.1) is 0 Å². The van der Waals surface area contributed by atoms with Gasteiger partial charge in [-0.1, -0.05) is 6.92 Å². The number of carbonyl (C=O) groups excluding carboxylic acids is 1. The fourth-order valence-electron chi connectivity index (χ4n) is 1.44. The molecular formula is C11H19N3O2. The minimum absolute atomic E-state index is 0.0519. The number of hydrogen-bond acceptors (Lipinski definition) is 3. The van der Waals surface area contributed by atoms with Gasteiger partial charge in [-0.25, -0.2) is 9.78 Å². The van der Waals surface area contributed by atoms with Gasteiger partial charge in [0.15, 0.2) is 0 Å². The van der Waals surface area contributed by atoms with Crippen molar-refractivity contribution in [3.05, 3.63) is 18.7 Å². The fraction of sp³-hybridized carbons (Fsp3) is 0.636. The van der Waals surface area contributed by atoms with Crippen molar-refractivity contribution in [2.75, 3.05) is 20.3 Å². The normalized spacial score (nSPS) is 12.4. The molecule has 0 aliphatic rings. The van der Waals surface area contributed by atoms with E-state index in [1.54, 1.807) is 24.4 Å². The van der Waals surface area contributed by atoms with Gasteiger partial charge in [-0.2, -0.15) is 0 Å². The van der Waals surface area contributed by atoms with Crippen LogP contribution < -0.4 is 0 Å². The molecule has 1 unspecified atom stereocenters. The molecule has 0 bridgehead atoms. The number of rotatable bonds is 5. The summed E-state index contributed by atoms with van der Waals surface area (Å²) in [6.45, 7) is 5.24. The quantitative estimate of drug-likeness (QED) is 0.764. The summed E-state index contributed by atoms with van der Waals surface area (Å²) in [6.07, 6.45) is 5.70. The predicted octanol–water partition coefficient (Wildman–Crippen LogP) is 1.60. The molecule has 1 atom stereocenters. The number of nitrogens with zero attached hydrogens (tertiary/aromatic N) is 3. The first-order chi connectivity index (χ1) is 7.70. The highest BCUT2D eigenvalue weighted by atomic mass is 16.5. The van der Waals surface area contributed by atoms with Crippen LogP contribution in [0.25, 0.3) is 0 Å². The van der Waals surface area contributed by atoms with E-state index in [9.17, 15) is 4.79 Å². The molecule has 1 amide bonds. The van der Waals surface area contributed by atoms with Crippen LogP contribution in [0.1, 0.15) is 20.3 Å². The molecule has 0 saturated carbocycles. The van der Waals surface area contributed by atoms with E-state index in [1.165, 1.54) is 10.9 Å². The zero-order valence-corrected chi connectivity index (χ0v) is 10.1. The summed E-state index contributed by atoms with van der Waals surface area (Å²) in [5.74, 6) is 0. The second-order valence-electron chi connectivity index (χ2n) is 3.70. The highest BCUT2D eigenvalue weighted by Gasteiger charge is 2.19. The summed E-state index contributed by atoms with van der Waals surface area (Å²) >= 11 is 0. The van der Waals surface area contributed by atoms with Crippen molar-refractivity contribution in [3.63, 3.8) is 0 Å². The molecule has 0 aromatic carbocycles. The number of ether oxygens (including phenoxy) is 1. The van der Waals surface area contributed by atoms with Crippen molar-refractivity contribution in [1.29, 1.82) is 0 Å². The molecule has 0 N–H and O–H groups in total. The van der Waals surface area contributed by atoms with Crippen LogP contribution >= 0.6 is 0 Å². The van der Waals surface area contributed by atoms with Crippen LogP contribution in [0, 0.1) is 0 Å². The Kier molecular flexibility index (Phi) is 4.98. The lowest BCUT2D eigenvalue weighted by atomic mass is 10.2. The van der Waals surface area contributed by atoms with E-state index in [-0.39, 0.29) is 12.1 Å². The van der Waals surface area contributed by atoms with Crippen LogP contribution in [-0.2, 0) is 4.74 Å². The zero-order valence-electron chi connectivity index (χ0n) is 10.1. The molecule has 0 saturated heterocycles. The first-order valence-electron chi connectivity index (χ1n) is 5.48. The first kappa shape index (κ1) is 12.7. The van der Waals surface area contributed by atoms with Crippen molar-refractivity contribution in [1.82, 2.24) is 14.5 Å². The van der Waals surface area contributed by atoms with E-state index in [0.717, 1.165) is 6.42 Å². The zero-order chi connectivity index (χ0) is 12.0. The highest BCUT2D eigenvalue weighted by Crippen LogP contribution is 2.06. The lowest BCUT2D eigenvalue weighted by Crippen LogP contribution is -2.42. The maximum atomic E-state index is 12.1. The second kappa shape index (κ2) is 6.27. The number of carbonyl (C=O) groups is 1. The van der Waals surface area contributed by atoms with Crippen molar-refractivity contribution in [2.24, 2.45) is 0 Å². The van der Waals surface area contributed by atoms with Gasteiger partial charge in [-0.05, 0) is 13.3 Å². The minimum Gasteiger partial charge on any atom is -0.383 e. The smallest absolute Gasteiger partial charge is 0.329 e. The van der Waals surface area contributed by atoms with Gasteiger partial charge in [0.05, 0.1) is 6.61 Å². The Morgan fingerprint density at radius 1 is 1.62 bits per heavy atom. The molecule has 1 aromatic heterocycles. The Morgan fingerprint density at radius 2 is 2.38 bits per heavy atom. The molecule has 1 aromatic rings. The van der Waals surface area contributed by atoms with Crippen molar-refractivity contribution >= 4 is 6.03 Å². The maximum Gasteiger partial charge on any atom is 0.329 e. The van der Waals surface area contributed by atoms with Crippen LogP contribution in [-0.4, -0.2) is 46.8 Å². The minimum atomic E-state index is -0.0519. The van der Waals surface area contributed by atoms with Crippen LogP contribution in [0.4, 0.5) is 4.79 Å². The SMILES string of the molecule is CCC(C)N(CCOC)C(=O)n1ccnc1. The van der Waals surface area contributed by atoms with E-state index in [2.05, 4.69) is 11.9 Å². The third kappa shape index (κ3) is 3.06. The molecule has 0 aliphatic carbocycles. The van der Waals surface area contributed by atoms with E-state index in [1.807, 2.05) is 6.92 Å².